The summed E-state index contributed by atoms with van der Waals surface area (Å²) >= 11 is 0. The molecule has 0 fully saturated rings. The molecule has 2 aromatic carbocycles. The maximum Gasteiger partial charge on any atom is 0.401 e. The lowest BCUT2D eigenvalue weighted by atomic mass is 10.2. The van der Waals surface area contributed by atoms with Gasteiger partial charge in [-0.25, -0.2) is 4.57 Å². The lowest BCUT2D eigenvalue weighted by Gasteiger charge is -2.10. The van der Waals surface area contributed by atoms with E-state index in [0.717, 1.165) is 5.56 Å². The van der Waals surface area contributed by atoms with Crippen LogP contribution in [0.5, 0.6) is 11.5 Å². The van der Waals surface area contributed by atoms with Crippen LogP contribution in [0.4, 0.5) is 0 Å². The van der Waals surface area contributed by atoms with Crippen molar-refractivity contribution in [1.29, 1.82) is 0 Å². The lowest BCUT2D eigenvalue weighted by Crippen LogP contribution is -1.89. The standard InChI is InChI=1S/C15H15O4P/c1-18-14-7-9-15(10-8-14)19-20(16,17)12-11-13-5-3-2-4-6-13/h2-12H,1H3,(H,16,17)/b12-11+. The second kappa shape index (κ2) is 6.42. The molecule has 1 atom stereocenters. The molecule has 4 nitrogen and oxygen atoms in total. The zero-order chi connectivity index (χ0) is 14.4. The molecule has 5 heteroatoms. The van der Waals surface area contributed by atoms with Crippen molar-refractivity contribution in [2.24, 2.45) is 0 Å². The molecule has 2 rings (SSSR count). The first-order chi connectivity index (χ1) is 9.59. The molecular formula is C15H15O4P. The van der Waals surface area contributed by atoms with E-state index in [9.17, 15) is 9.46 Å². The molecule has 0 spiro atoms. The Morgan fingerprint density at radius 2 is 1.60 bits per heavy atom. The van der Waals surface area contributed by atoms with E-state index in [4.69, 9.17) is 9.26 Å². The van der Waals surface area contributed by atoms with Gasteiger partial charge in [0.2, 0.25) is 0 Å². The van der Waals surface area contributed by atoms with Crippen LogP contribution in [0.15, 0.2) is 60.4 Å². The summed E-state index contributed by atoms with van der Waals surface area (Å²) < 4.78 is 22.0. The smallest absolute Gasteiger partial charge is 0.401 e. The second-order valence-electron chi connectivity index (χ2n) is 4.06. The molecule has 0 radical (unpaired) electrons. The van der Waals surface area contributed by atoms with Crippen LogP contribution < -0.4 is 9.26 Å². The Labute approximate surface area is 117 Å². The topological polar surface area (TPSA) is 55.8 Å². The van der Waals surface area contributed by atoms with E-state index in [1.54, 1.807) is 37.5 Å². The highest BCUT2D eigenvalue weighted by Crippen LogP contribution is 2.44. The van der Waals surface area contributed by atoms with Crippen molar-refractivity contribution in [3.63, 3.8) is 0 Å². The fourth-order valence-corrected chi connectivity index (χ4v) is 2.41. The fraction of sp³-hybridized carbons (Fsp3) is 0.0667. The number of hydrogen-bond donors (Lipinski definition) is 1. The maximum absolute atomic E-state index is 11.9. The first-order valence-corrected chi connectivity index (χ1v) is 7.64. The maximum atomic E-state index is 11.9. The van der Waals surface area contributed by atoms with E-state index < -0.39 is 7.60 Å². The highest BCUT2D eigenvalue weighted by atomic mass is 31.2. The van der Waals surface area contributed by atoms with Gasteiger partial charge in [0, 0.05) is 5.82 Å². The monoisotopic (exact) mass is 290 g/mol. The van der Waals surface area contributed by atoms with Crippen molar-refractivity contribution in [2.45, 2.75) is 0 Å². The molecule has 0 amide bonds. The molecule has 0 bridgehead atoms. The molecule has 0 saturated carbocycles. The zero-order valence-electron chi connectivity index (χ0n) is 11.0. The van der Waals surface area contributed by atoms with Crippen molar-refractivity contribution in [2.75, 3.05) is 7.11 Å². The molecule has 0 heterocycles. The van der Waals surface area contributed by atoms with E-state index in [2.05, 4.69) is 0 Å². The summed E-state index contributed by atoms with van der Waals surface area (Å²) in [5.74, 6) is 2.14. The van der Waals surface area contributed by atoms with Gasteiger partial charge in [0.1, 0.15) is 11.5 Å². The van der Waals surface area contributed by atoms with Crippen LogP contribution in [0, 0.1) is 0 Å². The highest BCUT2D eigenvalue weighted by Gasteiger charge is 2.16. The second-order valence-corrected chi connectivity index (χ2v) is 5.67. The van der Waals surface area contributed by atoms with Gasteiger partial charge in [-0.1, -0.05) is 30.3 Å². The van der Waals surface area contributed by atoms with Crippen molar-refractivity contribution in [3.8, 4) is 11.5 Å². The van der Waals surface area contributed by atoms with Gasteiger partial charge in [-0.2, -0.15) is 0 Å². The van der Waals surface area contributed by atoms with Gasteiger partial charge >= 0.3 is 7.60 Å². The molecule has 1 unspecified atom stereocenters. The quantitative estimate of drug-likeness (QED) is 0.848. The van der Waals surface area contributed by atoms with E-state index in [-0.39, 0.29) is 0 Å². The Balaban J connectivity index is 2.06. The summed E-state index contributed by atoms with van der Waals surface area (Å²) in [6, 6.07) is 15.7. The van der Waals surface area contributed by atoms with Crippen molar-refractivity contribution < 1.29 is 18.7 Å². The lowest BCUT2D eigenvalue weighted by molar-refractivity contribution is 0.390. The zero-order valence-corrected chi connectivity index (χ0v) is 11.9. The predicted molar refractivity (Wildman–Crippen MR) is 78.9 cm³/mol. The summed E-state index contributed by atoms with van der Waals surface area (Å²) in [4.78, 5) is 9.77. The average molecular weight is 290 g/mol. The summed E-state index contributed by atoms with van der Waals surface area (Å²) in [6.07, 6.45) is 1.56. The Hall–Kier alpha value is -2.03. The Kier molecular flexibility index (Phi) is 4.61. The molecule has 0 aliphatic carbocycles. The van der Waals surface area contributed by atoms with E-state index >= 15 is 0 Å². The third-order valence-electron chi connectivity index (χ3n) is 2.55. The van der Waals surface area contributed by atoms with E-state index in [1.807, 2.05) is 30.3 Å². The van der Waals surface area contributed by atoms with Crippen LogP contribution in [0.2, 0.25) is 0 Å². The molecular weight excluding hydrogens is 275 g/mol. The van der Waals surface area contributed by atoms with Crippen LogP contribution in [-0.4, -0.2) is 12.0 Å². The number of methoxy groups -OCH3 is 1. The van der Waals surface area contributed by atoms with Crippen molar-refractivity contribution in [3.05, 3.63) is 66.0 Å². The van der Waals surface area contributed by atoms with Crippen molar-refractivity contribution in [1.82, 2.24) is 0 Å². The minimum Gasteiger partial charge on any atom is -0.497 e. The van der Waals surface area contributed by atoms with Gasteiger partial charge in [-0.15, -0.1) is 0 Å². The van der Waals surface area contributed by atoms with Gasteiger partial charge in [-0.05, 0) is 35.9 Å². The summed E-state index contributed by atoms with van der Waals surface area (Å²) in [5, 5.41) is 0. The van der Waals surface area contributed by atoms with Gasteiger partial charge in [-0.3, -0.25) is 0 Å². The van der Waals surface area contributed by atoms with E-state index in [0.29, 0.717) is 11.5 Å². The molecule has 2 aromatic rings. The molecule has 104 valence electrons. The third kappa shape index (κ3) is 4.26. The Morgan fingerprint density at radius 3 is 2.20 bits per heavy atom. The molecule has 0 saturated heterocycles. The summed E-state index contributed by atoms with van der Waals surface area (Å²) in [7, 11) is -2.27. The number of rotatable bonds is 5. The minimum atomic E-state index is -3.82. The van der Waals surface area contributed by atoms with Crippen LogP contribution in [0.1, 0.15) is 5.56 Å². The molecule has 0 aromatic heterocycles. The van der Waals surface area contributed by atoms with Gasteiger partial charge in [0.15, 0.2) is 0 Å². The van der Waals surface area contributed by atoms with Gasteiger partial charge < -0.3 is 14.2 Å². The number of hydrogen-bond acceptors (Lipinski definition) is 3. The Morgan fingerprint density at radius 1 is 1.00 bits per heavy atom. The van der Waals surface area contributed by atoms with Crippen LogP contribution in [0.3, 0.4) is 0 Å². The Bertz CT molecular complexity index is 620. The van der Waals surface area contributed by atoms with E-state index in [1.165, 1.54) is 5.82 Å². The number of ether oxygens (including phenoxy) is 1. The first-order valence-electron chi connectivity index (χ1n) is 5.99. The largest absolute Gasteiger partial charge is 0.497 e. The molecule has 0 aliphatic heterocycles. The molecule has 0 aliphatic rings. The first kappa shape index (κ1) is 14.4. The molecule has 1 N–H and O–H groups in total. The van der Waals surface area contributed by atoms with Crippen LogP contribution in [-0.2, 0) is 4.57 Å². The minimum absolute atomic E-state index is 0.314. The SMILES string of the molecule is COc1ccc(OP(=O)(O)/C=C/c2ccccc2)cc1. The molecule has 20 heavy (non-hydrogen) atoms. The van der Waals surface area contributed by atoms with Gasteiger partial charge in [0.25, 0.3) is 0 Å². The van der Waals surface area contributed by atoms with Gasteiger partial charge in [0.05, 0.1) is 7.11 Å². The van der Waals surface area contributed by atoms with Crippen LogP contribution in [0.25, 0.3) is 6.08 Å². The predicted octanol–water partition coefficient (Wildman–Crippen LogP) is 3.93. The highest BCUT2D eigenvalue weighted by molar-refractivity contribution is 7.56. The normalized spacial score (nSPS) is 13.9. The summed E-state index contributed by atoms with van der Waals surface area (Å²) in [5.41, 5.74) is 0.833. The fourth-order valence-electron chi connectivity index (χ4n) is 1.56. The summed E-state index contributed by atoms with van der Waals surface area (Å²) in [6.45, 7) is 0. The number of benzene rings is 2. The van der Waals surface area contributed by atoms with Crippen molar-refractivity contribution >= 4 is 13.7 Å². The average Bonchev–Trinajstić information content (AvgIpc) is 2.47. The third-order valence-corrected chi connectivity index (χ3v) is 3.55. The van der Waals surface area contributed by atoms with Crippen LogP contribution >= 0.6 is 7.60 Å².